The number of rotatable bonds is 0. The second kappa shape index (κ2) is 603. The Morgan fingerprint density at radius 3 is 0.571 bits per heavy atom. The SMILES string of the molecule is O.O.O.O.O.[Cl][Ni]. The van der Waals surface area contributed by atoms with E-state index in [1.165, 1.54) is 0 Å². The van der Waals surface area contributed by atoms with Gasteiger partial charge in [-0.2, -0.15) is 0 Å². The molecule has 0 aliphatic rings. The molecule has 0 radical (unpaired) electrons. The first-order valence-corrected chi connectivity index (χ1v) is 1.48. The summed E-state index contributed by atoms with van der Waals surface area (Å²) in [5.74, 6) is 0. The van der Waals surface area contributed by atoms with E-state index in [1.807, 2.05) is 0 Å². The molecule has 0 fully saturated rings. The van der Waals surface area contributed by atoms with Crippen molar-refractivity contribution in [3.63, 3.8) is 0 Å². The fourth-order valence-electron chi connectivity index (χ4n) is 0. The third-order valence-electron chi connectivity index (χ3n) is 0. The van der Waals surface area contributed by atoms with E-state index in [-0.39, 0.29) is 27.4 Å². The van der Waals surface area contributed by atoms with Gasteiger partial charge >= 0.3 is 24.8 Å². The van der Waals surface area contributed by atoms with Crippen molar-refractivity contribution in [3.05, 3.63) is 0 Å². The first-order chi connectivity index (χ1) is 1.00. The van der Waals surface area contributed by atoms with E-state index in [2.05, 4.69) is 24.8 Å². The van der Waals surface area contributed by atoms with Crippen molar-refractivity contribution >= 4 is 10.2 Å². The molecule has 0 spiro atoms. The Morgan fingerprint density at radius 1 is 0.571 bits per heavy atom. The van der Waals surface area contributed by atoms with Gasteiger partial charge in [0.25, 0.3) is 0 Å². The monoisotopic (exact) mass is 183 g/mol. The van der Waals surface area contributed by atoms with E-state index >= 15 is 0 Å². The van der Waals surface area contributed by atoms with Crippen LogP contribution in [0.2, 0.25) is 0 Å². The molecule has 0 heterocycles. The van der Waals surface area contributed by atoms with E-state index in [0.29, 0.717) is 0 Å². The summed E-state index contributed by atoms with van der Waals surface area (Å²) in [6, 6.07) is 0. The Morgan fingerprint density at radius 2 is 0.571 bits per heavy atom. The number of halogens is 1. The fourth-order valence-corrected chi connectivity index (χ4v) is 0. The van der Waals surface area contributed by atoms with Crippen LogP contribution < -0.4 is 0 Å². The van der Waals surface area contributed by atoms with E-state index in [0.717, 1.165) is 0 Å². The van der Waals surface area contributed by atoms with Gasteiger partial charge in [0, 0.05) is 0 Å². The second-order valence-corrected chi connectivity index (χ2v) is 0. The molecule has 0 aliphatic heterocycles. The molecule has 0 saturated heterocycles. The van der Waals surface area contributed by atoms with Crippen LogP contribution in [0.5, 0.6) is 0 Å². The zero-order valence-electron chi connectivity index (χ0n) is 3.19. The van der Waals surface area contributed by atoms with Crippen LogP contribution >= 0.6 is 10.2 Å². The van der Waals surface area contributed by atoms with Gasteiger partial charge in [-0.15, -0.1) is 0 Å². The van der Waals surface area contributed by atoms with E-state index in [1.54, 1.807) is 0 Å². The van der Waals surface area contributed by atoms with Crippen LogP contribution in [0.4, 0.5) is 0 Å². The van der Waals surface area contributed by atoms with Crippen molar-refractivity contribution < 1.29 is 42.0 Å². The van der Waals surface area contributed by atoms with Crippen molar-refractivity contribution in [1.29, 1.82) is 0 Å². The van der Waals surface area contributed by atoms with E-state index in [9.17, 15) is 0 Å². The van der Waals surface area contributed by atoms with Crippen LogP contribution in [0.1, 0.15) is 0 Å². The van der Waals surface area contributed by atoms with Crippen LogP contribution in [0.3, 0.4) is 0 Å². The Hall–Kier alpha value is 0.584. The third-order valence-corrected chi connectivity index (χ3v) is 0. The van der Waals surface area contributed by atoms with Crippen LogP contribution in [-0.2, 0) is 14.6 Å². The summed E-state index contributed by atoms with van der Waals surface area (Å²) in [5.41, 5.74) is 0. The quantitative estimate of drug-likeness (QED) is 0.343. The topological polar surface area (TPSA) is 158 Å². The first-order valence-electron chi connectivity index (χ1n) is 0.120. The van der Waals surface area contributed by atoms with Crippen molar-refractivity contribution in [3.8, 4) is 0 Å². The average Bonchev–Trinajstić information content (AvgIpc) is 1.00. The molecule has 0 aromatic rings. The van der Waals surface area contributed by atoms with Gasteiger partial charge in [0.2, 0.25) is 0 Å². The van der Waals surface area contributed by atoms with E-state index < -0.39 is 0 Å². The van der Waals surface area contributed by atoms with Gasteiger partial charge in [0.05, 0.1) is 0 Å². The average molecular weight is 184 g/mol. The molecule has 0 aromatic heterocycles. The second-order valence-electron chi connectivity index (χ2n) is 0. The van der Waals surface area contributed by atoms with Gasteiger partial charge in [-0.3, -0.25) is 0 Å². The molecule has 0 unspecified atom stereocenters. The van der Waals surface area contributed by atoms with Gasteiger partial charge in [0.1, 0.15) is 0 Å². The molecule has 5 nitrogen and oxygen atoms in total. The van der Waals surface area contributed by atoms with Crippen LogP contribution in [0.25, 0.3) is 0 Å². The molecule has 57 valence electrons. The first kappa shape index (κ1) is 131. The van der Waals surface area contributed by atoms with Crippen molar-refractivity contribution in [2.24, 2.45) is 0 Å². The predicted octanol–water partition coefficient (Wildman–Crippen LogP) is -3.44. The maximum atomic E-state index is 4.26. The summed E-state index contributed by atoms with van der Waals surface area (Å²) in [4.78, 5) is 0. The van der Waals surface area contributed by atoms with Gasteiger partial charge in [-0.25, -0.2) is 0 Å². The van der Waals surface area contributed by atoms with Crippen molar-refractivity contribution in [1.82, 2.24) is 0 Å². The normalized spacial score (nSPS) is 1.00. The van der Waals surface area contributed by atoms with Gasteiger partial charge < -0.3 is 27.4 Å². The number of hydrogen-bond acceptors (Lipinski definition) is 0. The van der Waals surface area contributed by atoms with Crippen molar-refractivity contribution in [2.75, 3.05) is 0 Å². The Bertz CT molecular complexity index is 8.04. The molecular formula is H10ClNiO5. The predicted molar refractivity (Wildman–Crippen MR) is 23.9 cm³/mol. The Balaban J connectivity index is -0.000000000500. The summed E-state index contributed by atoms with van der Waals surface area (Å²) in [6.45, 7) is 0. The molecule has 7 heavy (non-hydrogen) atoms. The van der Waals surface area contributed by atoms with Gasteiger partial charge in [0.15, 0.2) is 0 Å². The molecule has 0 amide bonds. The summed E-state index contributed by atoms with van der Waals surface area (Å²) < 4.78 is 0. The Labute approximate surface area is 52.8 Å². The molecule has 0 rings (SSSR count). The van der Waals surface area contributed by atoms with Crippen LogP contribution in [0.15, 0.2) is 0 Å². The fraction of sp³-hybridized carbons (Fsp3) is 0. The van der Waals surface area contributed by atoms with Crippen molar-refractivity contribution in [2.45, 2.75) is 0 Å². The zero-order valence-corrected chi connectivity index (χ0v) is 4.94. The summed E-state index contributed by atoms with van der Waals surface area (Å²) >= 11 is 3.35. The van der Waals surface area contributed by atoms with E-state index in [4.69, 9.17) is 0 Å². The summed E-state index contributed by atoms with van der Waals surface area (Å²) in [7, 11) is 4.26. The van der Waals surface area contributed by atoms with Gasteiger partial charge in [-0.1, -0.05) is 0 Å². The van der Waals surface area contributed by atoms with Crippen LogP contribution in [0, 0.1) is 0 Å². The maximum absolute atomic E-state index is 4.26. The molecule has 0 saturated carbocycles. The van der Waals surface area contributed by atoms with Gasteiger partial charge in [-0.05, 0) is 0 Å². The summed E-state index contributed by atoms with van der Waals surface area (Å²) in [6.07, 6.45) is 0. The molecule has 7 heteroatoms. The third kappa shape index (κ3) is 406. The van der Waals surface area contributed by atoms with Crippen LogP contribution in [-0.4, -0.2) is 27.4 Å². The molecule has 0 aliphatic carbocycles. The minimum absolute atomic E-state index is 0. The Kier molecular flexibility index (Phi) is 11300. The standard InChI is InChI=1S/ClH.Ni.5H2O/h1H;;5*1H2/q;+1;;;;;/p-1. The minimum atomic E-state index is 0. The molecule has 0 bridgehead atoms. The molecule has 10 N–H and O–H groups in total. The molecule has 0 atom stereocenters. The zero-order chi connectivity index (χ0) is 2.00. The summed E-state index contributed by atoms with van der Waals surface area (Å²) in [5, 5.41) is 0. The molecule has 0 aromatic carbocycles. The number of hydrogen-bond donors (Lipinski definition) is 0. The molecular weight excluding hydrogens is 174 g/mol.